The maximum absolute atomic E-state index is 6.02. The lowest BCUT2D eigenvalue weighted by atomic mass is 9.94. The zero-order valence-electron chi connectivity index (χ0n) is 13.8. The number of rotatable bonds is 5. The molecule has 0 radical (unpaired) electrons. The fourth-order valence-corrected chi connectivity index (χ4v) is 3.32. The van der Waals surface area contributed by atoms with Gasteiger partial charge >= 0.3 is 0 Å². The topological polar surface area (TPSA) is 52.2 Å². The van der Waals surface area contributed by atoms with Crippen LogP contribution in [0.5, 0.6) is 0 Å². The Labute approximate surface area is 131 Å². The predicted molar refractivity (Wildman–Crippen MR) is 84.6 cm³/mol. The summed E-state index contributed by atoms with van der Waals surface area (Å²) >= 11 is 0. The number of nitrogens with one attached hydrogen (secondary N) is 1. The Morgan fingerprint density at radius 3 is 2.77 bits per heavy atom. The molecular formula is C17H25N3O2. The highest BCUT2D eigenvalue weighted by Gasteiger charge is 2.33. The second-order valence-electron chi connectivity index (χ2n) is 6.19. The largest absolute Gasteiger partial charge is 0.465 e. The van der Waals surface area contributed by atoms with Crippen molar-refractivity contribution in [3.8, 4) is 0 Å². The van der Waals surface area contributed by atoms with Crippen LogP contribution in [0.4, 0.5) is 0 Å². The maximum atomic E-state index is 6.02. The van der Waals surface area contributed by atoms with Gasteiger partial charge in [-0.05, 0) is 39.3 Å². The van der Waals surface area contributed by atoms with Gasteiger partial charge in [0.05, 0.1) is 18.3 Å². The van der Waals surface area contributed by atoms with E-state index >= 15 is 0 Å². The number of aryl methyl sites for hydroxylation is 3. The van der Waals surface area contributed by atoms with Crippen LogP contribution < -0.4 is 5.32 Å². The van der Waals surface area contributed by atoms with E-state index in [2.05, 4.69) is 24.3 Å². The molecule has 1 aliphatic heterocycles. The van der Waals surface area contributed by atoms with Crippen LogP contribution in [0.15, 0.2) is 16.5 Å². The zero-order valence-corrected chi connectivity index (χ0v) is 13.8. The van der Waals surface area contributed by atoms with Gasteiger partial charge < -0.3 is 14.5 Å². The molecular weight excluding hydrogens is 278 g/mol. The van der Waals surface area contributed by atoms with Crippen LogP contribution >= 0.6 is 0 Å². The standard InChI is InChI=1S/C17H25N3O2/c1-11-5-6-15(22-11)10-18-9-14-7-8-21-17(14)16-12(2)19-20(4)13(16)3/h5-6,14,17-18H,7-10H2,1-4H3/t14-,17-/m0/s1. The van der Waals surface area contributed by atoms with Crippen molar-refractivity contribution >= 4 is 0 Å². The molecule has 0 aliphatic carbocycles. The summed E-state index contributed by atoms with van der Waals surface area (Å²) in [5, 5.41) is 8.02. The van der Waals surface area contributed by atoms with Gasteiger partial charge in [-0.2, -0.15) is 5.10 Å². The second kappa shape index (κ2) is 6.26. The van der Waals surface area contributed by atoms with Gasteiger partial charge in [0.1, 0.15) is 11.5 Å². The third-order valence-corrected chi connectivity index (χ3v) is 4.57. The van der Waals surface area contributed by atoms with Gasteiger partial charge in [0.25, 0.3) is 0 Å². The average Bonchev–Trinajstić information content (AvgIpc) is 3.14. The second-order valence-corrected chi connectivity index (χ2v) is 6.19. The third kappa shape index (κ3) is 2.96. The summed E-state index contributed by atoms with van der Waals surface area (Å²) in [7, 11) is 1.99. The summed E-state index contributed by atoms with van der Waals surface area (Å²) in [6.07, 6.45) is 1.24. The lowest BCUT2D eigenvalue weighted by molar-refractivity contribution is 0.0892. The summed E-state index contributed by atoms with van der Waals surface area (Å²) in [5.41, 5.74) is 3.55. The quantitative estimate of drug-likeness (QED) is 0.923. The Bertz CT molecular complexity index is 644. The Morgan fingerprint density at radius 1 is 1.32 bits per heavy atom. The Kier molecular flexibility index (Phi) is 4.36. The van der Waals surface area contributed by atoms with Crippen molar-refractivity contribution < 1.29 is 9.15 Å². The van der Waals surface area contributed by atoms with Crippen molar-refractivity contribution in [2.24, 2.45) is 13.0 Å². The molecule has 120 valence electrons. The molecule has 1 fully saturated rings. The lowest BCUT2D eigenvalue weighted by Gasteiger charge is -2.19. The van der Waals surface area contributed by atoms with E-state index in [4.69, 9.17) is 9.15 Å². The summed E-state index contributed by atoms with van der Waals surface area (Å²) in [5.74, 6) is 2.43. The molecule has 0 aromatic carbocycles. The number of nitrogens with zero attached hydrogens (tertiary/aromatic N) is 2. The number of hydrogen-bond donors (Lipinski definition) is 1. The van der Waals surface area contributed by atoms with Gasteiger partial charge in [-0.1, -0.05) is 0 Å². The van der Waals surface area contributed by atoms with E-state index in [9.17, 15) is 0 Å². The molecule has 2 aromatic rings. The summed E-state index contributed by atoms with van der Waals surface area (Å²) in [4.78, 5) is 0. The zero-order chi connectivity index (χ0) is 15.7. The first-order valence-electron chi connectivity index (χ1n) is 7.94. The SMILES string of the molecule is Cc1ccc(CNC[C@@H]2CCO[C@@H]2c2c(C)nn(C)c2C)o1. The van der Waals surface area contributed by atoms with Gasteiger partial charge in [0.15, 0.2) is 0 Å². The van der Waals surface area contributed by atoms with Crippen molar-refractivity contribution in [2.45, 2.75) is 39.8 Å². The number of ether oxygens (including phenoxy) is 1. The first-order valence-corrected chi connectivity index (χ1v) is 7.94. The molecule has 1 aliphatic rings. The molecule has 2 atom stereocenters. The first kappa shape index (κ1) is 15.3. The molecule has 3 heterocycles. The molecule has 0 amide bonds. The van der Waals surface area contributed by atoms with Crippen molar-refractivity contribution in [1.29, 1.82) is 0 Å². The van der Waals surface area contributed by atoms with Crippen molar-refractivity contribution in [2.75, 3.05) is 13.2 Å². The molecule has 0 spiro atoms. The van der Waals surface area contributed by atoms with E-state index in [1.807, 2.05) is 30.8 Å². The smallest absolute Gasteiger partial charge is 0.117 e. The molecule has 3 rings (SSSR count). The lowest BCUT2D eigenvalue weighted by Crippen LogP contribution is -2.25. The minimum Gasteiger partial charge on any atom is -0.465 e. The van der Waals surface area contributed by atoms with Gasteiger partial charge in [-0.3, -0.25) is 4.68 Å². The molecule has 2 aromatic heterocycles. The molecule has 5 heteroatoms. The van der Waals surface area contributed by atoms with Gasteiger partial charge in [-0.25, -0.2) is 0 Å². The highest BCUT2D eigenvalue weighted by atomic mass is 16.5. The highest BCUT2D eigenvalue weighted by molar-refractivity contribution is 5.28. The number of furan rings is 1. The van der Waals surface area contributed by atoms with E-state index in [0.717, 1.165) is 43.3 Å². The monoisotopic (exact) mass is 303 g/mol. The fraction of sp³-hybridized carbons (Fsp3) is 0.588. The number of aromatic nitrogens is 2. The summed E-state index contributed by atoms with van der Waals surface area (Å²) in [6, 6.07) is 4.03. The molecule has 0 bridgehead atoms. The summed E-state index contributed by atoms with van der Waals surface area (Å²) in [6.45, 7) is 8.68. The van der Waals surface area contributed by atoms with Gasteiger partial charge in [-0.15, -0.1) is 0 Å². The van der Waals surface area contributed by atoms with Crippen LogP contribution in [0.1, 0.15) is 41.0 Å². The van der Waals surface area contributed by atoms with Crippen LogP contribution in [0.3, 0.4) is 0 Å². The fourth-order valence-electron chi connectivity index (χ4n) is 3.32. The molecule has 1 N–H and O–H groups in total. The van der Waals surface area contributed by atoms with Crippen molar-refractivity contribution in [1.82, 2.24) is 15.1 Å². The molecule has 22 heavy (non-hydrogen) atoms. The highest BCUT2D eigenvalue weighted by Crippen LogP contribution is 2.37. The van der Waals surface area contributed by atoms with Crippen molar-refractivity contribution in [3.05, 3.63) is 40.6 Å². The summed E-state index contributed by atoms with van der Waals surface area (Å²) < 4.78 is 13.6. The van der Waals surface area contributed by atoms with E-state index in [-0.39, 0.29) is 6.10 Å². The van der Waals surface area contributed by atoms with Gasteiger partial charge in [0, 0.05) is 37.4 Å². The first-order chi connectivity index (χ1) is 10.6. The third-order valence-electron chi connectivity index (χ3n) is 4.57. The van der Waals surface area contributed by atoms with Crippen LogP contribution in [0, 0.1) is 26.7 Å². The van der Waals surface area contributed by atoms with Crippen LogP contribution in [0.25, 0.3) is 0 Å². The van der Waals surface area contributed by atoms with E-state index in [0.29, 0.717) is 5.92 Å². The Morgan fingerprint density at radius 2 is 2.14 bits per heavy atom. The van der Waals surface area contributed by atoms with E-state index in [1.165, 1.54) is 11.3 Å². The molecule has 5 nitrogen and oxygen atoms in total. The molecule has 0 unspecified atom stereocenters. The van der Waals surface area contributed by atoms with Gasteiger partial charge in [0.2, 0.25) is 0 Å². The van der Waals surface area contributed by atoms with E-state index in [1.54, 1.807) is 0 Å². The van der Waals surface area contributed by atoms with Crippen LogP contribution in [-0.4, -0.2) is 22.9 Å². The molecule has 0 saturated carbocycles. The van der Waals surface area contributed by atoms with Crippen molar-refractivity contribution in [3.63, 3.8) is 0 Å². The minimum atomic E-state index is 0.152. The Balaban J connectivity index is 1.63. The maximum Gasteiger partial charge on any atom is 0.117 e. The van der Waals surface area contributed by atoms with Crippen LogP contribution in [-0.2, 0) is 18.3 Å². The normalized spacial score (nSPS) is 21.6. The van der Waals surface area contributed by atoms with Crippen LogP contribution in [0.2, 0.25) is 0 Å². The number of hydrogen-bond acceptors (Lipinski definition) is 4. The average molecular weight is 303 g/mol. The molecule has 1 saturated heterocycles. The Hall–Kier alpha value is -1.59. The van der Waals surface area contributed by atoms with E-state index < -0.39 is 0 Å². The predicted octanol–water partition coefficient (Wildman–Crippen LogP) is 2.81. The minimum absolute atomic E-state index is 0.152.